The van der Waals surface area contributed by atoms with Crippen LogP contribution in [0.2, 0.25) is 0 Å². The number of unbranched alkanes of at least 4 members (excludes halogenated alkanes) is 2. The molecule has 8 heteroatoms. The fraction of sp³-hybridized carbons (Fsp3) is 0.667. The van der Waals surface area contributed by atoms with Gasteiger partial charge in [-0.3, -0.25) is 24.1 Å². The van der Waals surface area contributed by atoms with Crippen LogP contribution in [-0.2, 0) is 19.2 Å². The van der Waals surface area contributed by atoms with Gasteiger partial charge in [-0.15, -0.1) is 0 Å². The highest BCUT2D eigenvalue weighted by molar-refractivity contribution is 6.12. The smallest absolute Gasteiger partial charge is 0.253 e. The maximum atomic E-state index is 12.1. The van der Waals surface area contributed by atoms with Gasteiger partial charge in [-0.25, -0.2) is 0 Å². The van der Waals surface area contributed by atoms with E-state index in [1.54, 1.807) is 6.92 Å². The third-order valence-corrected chi connectivity index (χ3v) is 4.02. The van der Waals surface area contributed by atoms with Crippen molar-refractivity contribution in [3.05, 3.63) is 12.2 Å². The maximum absolute atomic E-state index is 12.1. The van der Waals surface area contributed by atoms with E-state index in [1.165, 1.54) is 17.1 Å². The molecular weight excluding hydrogens is 338 g/mol. The fourth-order valence-electron chi connectivity index (χ4n) is 2.52. The minimum Gasteiger partial charge on any atom is -0.392 e. The van der Waals surface area contributed by atoms with Gasteiger partial charge in [0, 0.05) is 31.7 Å². The first-order chi connectivity index (χ1) is 12.2. The zero-order chi connectivity index (χ0) is 19.7. The fourth-order valence-corrected chi connectivity index (χ4v) is 2.52. The highest BCUT2D eigenvalue weighted by atomic mass is 16.3. The van der Waals surface area contributed by atoms with Crippen molar-refractivity contribution in [1.29, 1.82) is 0 Å². The molecule has 146 valence electrons. The van der Waals surface area contributed by atoms with Crippen LogP contribution < -0.4 is 10.6 Å². The van der Waals surface area contributed by atoms with E-state index in [0.717, 1.165) is 0 Å². The number of imide groups is 1. The molecule has 1 rings (SSSR count). The Labute approximate surface area is 154 Å². The van der Waals surface area contributed by atoms with Crippen LogP contribution in [0.4, 0.5) is 0 Å². The molecule has 4 amide bonds. The first-order valence-electron chi connectivity index (χ1n) is 9.01. The third-order valence-electron chi connectivity index (χ3n) is 4.02. The van der Waals surface area contributed by atoms with Gasteiger partial charge in [0.05, 0.1) is 6.10 Å². The first kappa shape index (κ1) is 21.8. The van der Waals surface area contributed by atoms with Crippen molar-refractivity contribution in [2.24, 2.45) is 5.92 Å². The number of rotatable bonds is 11. The van der Waals surface area contributed by atoms with Crippen molar-refractivity contribution < 1.29 is 24.3 Å². The largest absolute Gasteiger partial charge is 0.392 e. The number of aliphatic hydroxyl groups excluding tert-OH is 1. The second-order valence-electron chi connectivity index (χ2n) is 6.86. The summed E-state index contributed by atoms with van der Waals surface area (Å²) < 4.78 is 0. The van der Waals surface area contributed by atoms with E-state index in [4.69, 9.17) is 0 Å². The lowest BCUT2D eigenvalue weighted by Crippen LogP contribution is -2.50. The second-order valence-corrected chi connectivity index (χ2v) is 6.86. The van der Waals surface area contributed by atoms with Crippen LogP contribution in [0.25, 0.3) is 0 Å². The van der Waals surface area contributed by atoms with Crippen LogP contribution in [0.5, 0.6) is 0 Å². The molecule has 1 aliphatic rings. The number of hydrogen-bond donors (Lipinski definition) is 3. The summed E-state index contributed by atoms with van der Waals surface area (Å²) in [6.07, 6.45) is 4.07. The summed E-state index contributed by atoms with van der Waals surface area (Å²) in [4.78, 5) is 48.1. The molecule has 0 aromatic heterocycles. The summed E-state index contributed by atoms with van der Waals surface area (Å²) in [7, 11) is 0. The number of carbonyl (C=O) groups is 4. The van der Waals surface area contributed by atoms with Crippen molar-refractivity contribution in [3.8, 4) is 0 Å². The minimum atomic E-state index is -0.646. The number of hydrogen-bond acceptors (Lipinski definition) is 5. The Hall–Kier alpha value is -2.22. The maximum Gasteiger partial charge on any atom is 0.253 e. The number of amides is 4. The van der Waals surface area contributed by atoms with E-state index < -0.39 is 12.1 Å². The summed E-state index contributed by atoms with van der Waals surface area (Å²) >= 11 is 0. The van der Waals surface area contributed by atoms with Crippen LogP contribution >= 0.6 is 0 Å². The topological polar surface area (TPSA) is 116 Å². The predicted octanol–water partition coefficient (Wildman–Crippen LogP) is 0.110. The van der Waals surface area contributed by atoms with Gasteiger partial charge in [0.2, 0.25) is 11.8 Å². The van der Waals surface area contributed by atoms with Crippen LogP contribution in [-0.4, -0.2) is 58.9 Å². The molecule has 0 aromatic carbocycles. The third kappa shape index (κ3) is 7.35. The van der Waals surface area contributed by atoms with Gasteiger partial charge in [0.15, 0.2) is 0 Å². The Morgan fingerprint density at radius 3 is 2.23 bits per heavy atom. The molecule has 3 N–H and O–H groups in total. The zero-order valence-corrected chi connectivity index (χ0v) is 15.7. The standard InChI is InChI=1S/C18H29N3O5/c1-12(2)17(18(26)19-11-13(3)22)20-14(23)7-5-4-6-10-21-15(24)8-9-16(21)25/h8-9,12-13,17,22H,4-7,10-11H2,1-3H3,(H,19,26)(H,20,23). The second kappa shape index (κ2) is 10.7. The van der Waals surface area contributed by atoms with Gasteiger partial charge in [0.1, 0.15) is 6.04 Å². The van der Waals surface area contributed by atoms with E-state index in [9.17, 15) is 24.3 Å². The number of aliphatic hydroxyl groups is 1. The number of nitrogens with zero attached hydrogens (tertiary/aromatic N) is 1. The molecule has 26 heavy (non-hydrogen) atoms. The quantitative estimate of drug-likeness (QED) is 0.354. The van der Waals surface area contributed by atoms with Crippen LogP contribution in [0.1, 0.15) is 46.5 Å². The van der Waals surface area contributed by atoms with Gasteiger partial charge in [0.25, 0.3) is 11.8 Å². The van der Waals surface area contributed by atoms with E-state index in [-0.39, 0.29) is 42.5 Å². The van der Waals surface area contributed by atoms with Crippen LogP contribution in [0, 0.1) is 5.92 Å². The van der Waals surface area contributed by atoms with Crippen molar-refractivity contribution >= 4 is 23.6 Å². The SMILES string of the molecule is CC(O)CNC(=O)C(NC(=O)CCCCCN1C(=O)C=CC1=O)C(C)C. The number of nitrogens with one attached hydrogen (secondary N) is 2. The average Bonchev–Trinajstić information content (AvgIpc) is 2.88. The van der Waals surface area contributed by atoms with Gasteiger partial charge in [-0.05, 0) is 25.7 Å². The van der Waals surface area contributed by atoms with Crippen molar-refractivity contribution in [1.82, 2.24) is 15.5 Å². The zero-order valence-electron chi connectivity index (χ0n) is 15.7. The van der Waals surface area contributed by atoms with E-state index in [1.807, 2.05) is 13.8 Å². The van der Waals surface area contributed by atoms with Gasteiger partial charge >= 0.3 is 0 Å². The molecule has 0 spiro atoms. The summed E-state index contributed by atoms with van der Waals surface area (Å²) in [6, 6.07) is -0.646. The summed E-state index contributed by atoms with van der Waals surface area (Å²) in [5.41, 5.74) is 0. The molecule has 0 bridgehead atoms. The van der Waals surface area contributed by atoms with Crippen LogP contribution in [0.15, 0.2) is 12.2 Å². The molecule has 1 heterocycles. The molecule has 2 unspecified atom stereocenters. The van der Waals surface area contributed by atoms with Gasteiger partial charge < -0.3 is 15.7 Å². The summed E-state index contributed by atoms with van der Waals surface area (Å²) in [6.45, 7) is 5.74. The molecule has 1 aliphatic heterocycles. The molecule has 2 atom stereocenters. The lowest BCUT2D eigenvalue weighted by molar-refractivity contribution is -0.137. The molecule has 0 aliphatic carbocycles. The molecular formula is C18H29N3O5. The Balaban J connectivity index is 2.27. The molecule has 0 saturated carbocycles. The predicted molar refractivity (Wildman–Crippen MR) is 95.8 cm³/mol. The molecule has 0 fully saturated rings. The monoisotopic (exact) mass is 367 g/mol. The minimum absolute atomic E-state index is 0.0763. The van der Waals surface area contributed by atoms with Gasteiger partial charge in [-0.2, -0.15) is 0 Å². The van der Waals surface area contributed by atoms with E-state index in [0.29, 0.717) is 25.8 Å². The summed E-state index contributed by atoms with van der Waals surface area (Å²) in [5, 5.41) is 14.6. The Morgan fingerprint density at radius 1 is 1.08 bits per heavy atom. The lowest BCUT2D eigenvalue weighted by Gasteiger charge is -2.22. The average molecular weight is 367 g/mol. The highest BCUT2D eigenvalue weighted by Crippen LogP contribution is 2.08. The highest BCUT2D eigenvalue weighted by Gasteiger charge is 2.24. The lowest BCUT2D eigenvalue weighted by atomic mass is 10.0. The van der Waals surface area contributed by atoms with Gasteiger partial charge in [-0.1, -0.05) is 20.3 Å². The number of carbonyl (C=O) groups excluding carboxylic acids is 4. The first-order valence-corrected chi connectivity index (χ1v) is 9.01. The van der Waals surface area contributed by atoms with E-state index >= 15 is 0 Å². The summed E-state index contributed by atoms with van der Waals surface area (Å²) in [5.74, 6) is -1.20. The van der Waals surface area contributed by atoms with Crippen molar-refractivity contribution in [2.45, 2.75) is 58.6 Å². The Morgan fingerprint density at radius 2 is 1.69 bits per heavy atom. The van der Waals surface area contributed by atoms with E-state index in [2.05, 4.69) is 10.6 Å². The molecule has 8 nitrogen and oxygen atoms in total. The van der Waals surface area contributed by atoms with Crippen molar-refractivity contribution in [2.75, 3.05) is 13.1 Å². The molecule has 0 aromatic rings. The molecule has 0 saturated heterocycles. The van der Waals surface area contributed by atoms with Crippen molar-refractivity contribution in [3.63, 3.8) is 0 Å². The van der Waals surface area contributed by atoms with Crippen LogP contribution in [0.3, 0.4) is 0 Å². The molecule has 0 radical (unpaired) electrons. The Bertz CT molecular complexity index is 539. The Kier molecular flexibility index (Phi) is 8.98. The normalized spacial score (nSPS) is 16.1.